The summed E-state index contributed by atoms with van der Waals surface area (Å²) in [6.45, 7) is 0.857. The van der Waals surface area contributed by atoms with Crippen molar-refractivity contribution in [3.63, 3.8) is 0 Å². The van der Waals surface area contributed by atoms with Gasteiger partial charge in [-0.05, 0) is 56.1 Å². The highest BCUT2D eigenvalue weighted by atomic mass is 19.4. The lowest BCUT2D eigenvalue weighted by Gasteiger charge is -2.29. The molecular formula is C25H30F3N5O6. The summed E-state index contributed by atoms with van der Waals surface area (Å²) in [5.41, 5.74) is 0.629. The van der Waals surface area contributed by atoms with Crippen LogP contribution in [-0.4, -0.2) is 77.4 Å². The van der Waals surface area contributed by atoms with Crippen LogP contribution < -0.4 is 16.0 Å². The fourth-order valence-electron chi connectivity index (χ4n) is 5.69. The van der Waals surface area contributed by atoms with E-state index in [1.165, 1.54) is 6.20 Å². The Bertz CT molecular complexity index is 1150. The molecule has 2 saturated heterocycles. The Hall–Kier alpha value is -3.55. The molecule has 0 bridgehead atoms. The normalized spacial score (nSPS) is 25.1. The van der Waals surface area contributed by atoms with Gasteiger partial charge in [0, 0.05) is 25.2 Å². The number of halogens is 3. The third-order valence-electron chi connectivity index (χ3n) is 7.62. The number of likely N-dealkylation sites (tertiary alicyclic amines) is 1. The molecule has 2 aliphatic heterocycles. The van der Waals surface area contributed by atoms with E-state index in [0.717, 1.165) is 17.7 Å². The lowest BCUT2D eigenvalue weighted by Crippen LogP contribution is -2.55. The number of nitrogens with zero attached hydrogens (tertiary/aromatic N) is 2. The van der Waals surface area contributed by atoms with Crippen LogP contribution in [0.15, 0.2) is 18.3 Å². The van der Waals surface area contributed by atoms with E-state index in [9.17, 15) is 37.1 Å². The minimum atomic E-state index is -5.06. The van der Waals surface area contributed by atoms with E-state index < -0.39 is 54.5 Å². The van der Waals surface area contributed by atoms with E-state index in [0.29, 0.717) is 24.9 Å². The third kappa shape index (κ3) is 6.72. The summed E-state index contributed by atoms with van der Waals surface area (Å²) in [5.74, 6) is -4.93. The molecule has 3 N–H and O–H groups in total. The average Bonchev–Trinajstić information content (AvgIpc) is 3.58. The van der Waals surface area contributed by atoms with Gasteiger partial charge in [-0.15, -0.1) is 13.2 Å². The molecule has 3 fully saturated rings. The Balaban J connectivity index is 1.51. The molecule has 0 aromatic carbocycles. The van der Waals surface area contributed by atoms with Gasteiger partial charge in [0.25, 0.3) is 0 Å². The summed E-state index contributed by atoms with van der Waals surface area (Å²) < 4.78 is 41.4. The van der Waals surface area contributed by atoms with Crippen molar-refractivity contribution in [3.05, 3.63) is 23.9 Å². The Labute approximate surface area is 222 Å². The first kappa shape index (κ1) is 28.5. The number of ketones is 1. The zero-order chi connectivity index (χ0) is 28.3. The van der Waals surface area contributed by atoms with Crippen LogP contribution in [0.4, 0.5) is 19.0 Å². The largest absolute Gasteiger partial charge is 0.522 e. The van der Waals surface area contributed by atoms with Crippen molar-refractivity contribution in [3.8, 4) is 0 Å². The minimum Gasteiger partial charge on any atom is -0.356 e. The highest BCUT2D eigenvalue weighted by Gasteiger charge is 2.51. The Morgan fingerprint density at radius 2 is 2.00 bits per heavy atom. The van der Waals surface area contributed by atoms with Crippen LogP contribution in [0.25, 0.3) is 0 Å². The number of carbonyl (C=O) groups is 5. The molecule has 5 atom stereocenters. The minimum absolute atomic E-state index is 0.0441. The zero-order valence-electron chi connectivity index (χ0n) is 21.3. The molecule has 3 heterocycles. The number of carbonyl (C=O) groups excluding carboxylic acids is 5. The maximum absolute atomic E-state index is 13.5. The van der Waals surface area contributed by atoms with Gasteiger partial charge in [0.05, 0.1) is 6.04 Å². The molecule has 1 unspecified atom stereocenters. The van der Waals surface area contributed by atoms with E-state index in [4.69, 9.17) is 0 Å². The molecule has 1 aromatic rings. The number of Topliss-reactive ketones (excluding diaryl/α,β-unsaturated/α-hetero) is 1. The van der Waals surface area contributed by atoms with Gasteiger partial charge in [-0.1, -0.05) is 12.5 Å². The van der Waals surface area contributed by atoms with Crippen LogP contribution in [0.1, 0.15) is 37.7 Å². The maximum atomic E-state index is 13.5. The number of aromatic nitrogens is 1. The summed E-state index contributed by atoms with van der Waals surface area (Å²) in [5, 5.41) is 7.53. The maximum Gasteiger partial charge on any atom is 0.522 e. The zero-order valence-corrected chi connectivity index (χ0v) is 21.3. The van der Waals surface area contributed by atoms with Crippen molar-refractivity contribution in [2.75, 3.05) is 25.0 Å². The predicted octanol–water partition coefficient (Wildman–Crippen LogP) is 1.07. The summed E-state index contributed by atoms with van der Waals surface area (Å²) >= 11 is 0. The number of hydrogen-bond donors (Lipinski definition) is 3. The van der Waals surface area contributed by atoms with E-state index in [1.807, 2.05) is 0 Å². The van der Waals surface area contributed by atoms with Crippen LogP contribution in [0.2, 0.25) is 0 Å². The van der Waals surface area contributed by atoms with Crippen molar-refractivity contribution in [2.45, 2.75) is 57.5 Å². The number of rotatable bonds is 8. The van der Waals surface area contributed by atoms with Gasteiger partial charge >= 0.3 is 18.2 Å². The van der Waals surface area contributed by atoms with Gasteiger partial charge < -0.3 is 20.9 Å². The smallest absolute Gasteiger partial charge is 0.356 e. The first-order chi connectivity index (χ1) is 18.4. The molecule has 0 radical (unpaired) electrons. The summed E-state index contributed by atoms with van der Waals surface area (Å²) in [7, 11) is 0. The summed E-state index contributed by atoms with van der Waals surface area (Å²) in [4.78, 5) is 69.6. The molecule has 4 amide bonds. The number of fused-ring (bicyclic) bond motifs is 1. The van der Waals surface area contributed by atoms with Crippen molar-refractivity contribution < 1.29 is 41.9 Å². The molecule has 4 rings (SSSR count). The molecule has 212 valence electrons. The van der Waals surface area contributed by atoms with E-state index in [-0.39, 0.29) is 36.5 Å². The predicted molar refractivity (Wildman–Crippen MR) is 129 cm³/mol. The monoisotopic (exact) mass is 553 g/mol. The summed E-state index contributed by atoms with van der Waals surface area (Å²) in [6.07, 6.45) is -1.31. The van der Waals surface area contributed by atoms with Gasteiger partial charge in [0.2, 0.25) is 11.8 Å². The quantitative estimate of drug-likeness (QED) is 0.408. The van der Waals surface area contributed by atoms with Crippen molar-refractivity contribution >= 4 is 35.2 Å². The Kier molecular flexibility index (Phi) is 8.52. The van der Waals surface area contributed by atoms with Gasteiger partial charge in [-0.2, -0.15) is 0 Å². The molecule has 1 aliphatic carbocycles. The van der Waals surface area contributed by atoms with E-state index in [2.05, 4.69) is 25.7 Å². The lowest BCUT2D eigenvalue weighted by atomic mass is 9.92. The number of alkyl halides is 3. The van der Waals surface area contributed by atoms with E-state index >= 15 is 0 Å². The van der Waals surface area contributed by atoms with Crippen molar-refractivity contribution in [1.29, 1.82) is 0 Å². The number of nitrogens with one attached hydrogen (secondary N) is 3. The molecule has 39 heavy (non-hydrogen) atoms. The Morgan fingerprint density at radius 1 is 1.23 bits per heavy atom. The summed E-state index contributed by atoms with van der Waals surface area (Å²) in [6, 6.07) is 0.822. The number of pyridine rings is 1. The third-order valence-corrected chi connectivity index (χ3v) is 7.62. The molecule has 0 spiro atoms. The van der Waals surface area contributed by atoms with Gasteiger partial charge in [-0.3, -0.25) is 28.7 Å². The van der Waals surface area contributed by atoms with Crippen molar-refractivity contribution in [1.82, 2.24) is 20.5 Å². The SMILES string of the molecule is Cc1cccnc1NC(=O)C(=O)N1C[C@@H]2CCC[C@@H]2[C@H]1C(=O)NC(C[C@@H]1CCNC1=O)C(=O)COC(F)(F)F. The van der Waals surface area contributed by atoms with Crippen LogP contribution in [0.5, 0.6) is 0 Å². The molecule has 1 saturated carbocycles. The number of hydrogen-bond acceptors (Lipinski definition) is 7. The Morgan fingerprint density at radius 3 is 2.67 bits per heavy atom. The number of ether oxygens (including phenoxy) is 1. The van der Waals surface area contributed by atoms with Crippen LogP contribution in [0, 0.1) is 24.7 Å². The van der Waals surface area contributed by atoms with Gasteiger partial charge in [0.15, 0.2) is 5.78 Å². The van der Waals surface area contributed by atoms with Crippen molar-refractivity contribution in [2.24, 2.45) is 17.8 Å². The molecule has 1 aromatic heterocycles. The number of amides is 4. The second kappa shape index (κ2) is 11.7. The van der Waals surface area contributed by atoms with Gasteiger partial charge in [-0.25, -0.2) is 4.98 Å². The highest BCUT2D eigenvalue weighted by Crippen LogP contribution is 2.42. The second-order valence-electron chi connectivity index (χ2n) is 10.2. The fraction of sp³-hybridized carbons (Fsp3) is 0.600. The lowest BCUT2D eigenvalue weighted by molar-refractivity contribution is -0.321. The second-order valence-corrected chi connectivity index (χ2v) is 10.2. The van der Waals surface area contributed by atoms with Crippen LogP contribution in [-0.2, 0) is 28.7 Å². The molecule has 14 heteroatoms. The van der Waals surface area contributed by atoms with E-state index in [1.54, 1.807) is 19.1 Å². The molecule has 3 aliphatic rings. The molecular weight excluding hydrogens is 523 g/mol. The van der Waals surface area contributed by atoms with Crippen LogP contribution in [0.3, 0.4) is 0 Å². The number of aryl methyl sites for hydroxylation is 1. The average molecular weight is 554 g/mol. The highest BCUT2D eigenvalue weighted by molar-refractivity contribution is 6.40. The molecule has 11 nitrogen and oxygen atoms in total. The first-order valence-corrected chi connectivity index (χ1v) is 12.8. The number of anilines is 1. The topological polar surface area (TPSA) is 147 Å². The first-order valence-electron chi connectivity index (χ1n) is 12.8. The fourth-order valence-corrected chi connectivity index (χ4v) is 5.69. The standard InChI is InChI=1S/C25H30F3N5O6/c1-13-4-3-8-29-20(13)32-23(37)24(38)33-11-15-5-2-6-16(15)19(33)22(36)31-17(10-14-7-9-30-21(14)35)18(34)12-39-25(26,27)28/h3-4,8,14-17,19H,2,5-7,9-12H2,1H3,(H,30,35)(H,31,36)(H,29,32,37)/t14-,15-,16-,17?,19-/m0/s1. The van der Waals surface area contributed by atoms with Crippen LogP contribution >= 0.6 is 0 Å². The van der Waals surface area contributed by atoms with Gasteiger partial charge in [0.1, 0.15) is 18.5 Å².